The fraction of sp³-hybridized carbons (Fsp3) is 0.440. The molecule has 0 N–H and O–H groups in total. The van der Waals surface area contributed by atoms with E-state index in [1.807, 2.05) is 11.0 Å². The second-order valence-corrected chi connectivity index (χ2v) is 9.83. The van der Waals surface area contributed by atoms with Gasteiger partial charge in [-0.05, 0) is 80.4 Å². The first-order chi connectivity index (χ1) is 15.1. The van der Waals surface area contributed by atoms with Crippen LogP contribution in [0.2, 0.25) is 0 Å². The van der Waals surface area contributed by atoms with Crippen LogP contribution in [0.5, 0.6) is 0 Å². The van der Waals surface area contributed by atoms with Gasteiger partial charge in [-0.1, -0.05) is 37.3 Å². The Morgan fingerprint density at radius 1 is 1.06 bits per heavy atom. The molecule has 0 bridgehead atoms. The van der Waals surface area contributed by atoms with E-state index in [0.29, 0.717) is 6.54 Å². The van der Waals surface area contributed by atoms with Crippen LogP contribution in [-0.4, -0.2) is 48.2 Å². The van der Waals surface area contributed by atoms with Gasteiger partial charge in [0.05, 0.1) is 10.2 Å². The molecule has 0 saturated carbocycles. The quantitative estimate of drug-likeness (QED) is 0.347. The normalized spacial score (nSPS) is 13.1. The van der Waals surface area contributed by atoms with Crippen molar-refractivity contribution in [3.8, 4) is 0 Å². The van der Waals surface area contributed by atoms with Crippen molar-refractivity contribution in [1.29, 1.82) is 0 Å². The summed E-state index contributed by atoms with van der Waals surface area (Å²) in [6.45, 7) is 7.78. The summed E-state index contributed by atoms with van der Waals surface area (Å²) in [6.07, 6.45) is 6.74. The van der Waals surface area contributed by atoms with Gasteiger partial charge in [-0.3, -0.25) is 9.69 Å². The van der Waals surface area contributed by atoms with Crippen molar-refractivity contribution in [2.24, 2.45) is 0 Å². The standard InChI is InChI=1S/C25H31N3OS2.ClH/c1-4-27(5-2)15-16-28(25-26-23-21(30-3)11-8-12-22(23)31-25)24(29)20-14-13-18-9-6-7-10-19(18)17-20;/h8,11-14,17H,4-7,9-10,15-16H2,1-3H3;1H. The molecular formula is C25H32ClN3OS2. The molecule has 3 aromatic rings. The fourth-order valence-corrected chi connectivity index (χ4v) is 5.92. The largest absolute Gasteiger partial charge is 0.302 e. The first-order valence-corrected chi connectivity index (χ1v) is 13.3. The predicted molar refractivity (Wildman–Crippen MR) is 141 cm³/mol. The number of hydrogen-bond donors (Lipinski definition) is 0. The lowest BCUT2D eigenvalue weighted by Crippen LogP contribution is -2.39. The third-order valence-electron chi connectivity index (χ3n) is 6.20. The van der Waals surface area contributed by atoms with E-state index in [1.54, 1.807) is 23.1 Å². The monoisotopic (exact) mass is 489 g/mol. The fourth-order valence-electron chi connectivity index (χ4n) is 4.28. The number of aromatic nitrogens is 1. The average Bonchev–Trinajstić information content (AvgIpc) is 3.25. The molecule has 2 aromatic carbocycles. The third-order valence-corrected chi connectivity index (χ3v) is 8.01. The molecular weight excluding hydrogens is 458 g/mol. The average molecular weight is 490 g/mol. The van der Waals surface area contributed by atoms with Crippen molar-refractivity contribution in [1.82, 2.24) is 9.88 Å². The number of anilines is 1. The van der Waals surface area contributed by atoms with Gasteiger partial charge >= 0.3 is 0 Å². The zero-order chi connectivity index (χ0) is 21.8. The lowest BCUT2D eigenvalue weighted by molar-refractivity contribution is 0.0983. The van der Waals surface area contributed by atoms with E-state index in [1.165, 1.54) is 24.0 Å². The number of rotatable bonds is 8. The van der Waals surface area contributed by atoms with Crippen LogP contribution >= 0.6 is 35.5 Å². The molecule has 0 saturated heterocycles. The van der Waals surface area contributed by atoms with Gasteiger partial charge in [-0.15, -0.1) is 24.2 Å². The lowest BCUT2D eigenvalue weighted by Gasteiger charge is -2.25. The second-order valence-electron chi connectivity index (χ2n) is 7.98. The van der Waals surface area contributed by atoms with E-state index in [4.69, 9.17) is 4.98 Å². The van der Waals surface area contributed by atoms with Crippen molar-refractivity contribution in [3.63, 3.8) is 0 Å². The van der Waals surface area contributed by atoms with Crippen molar-refractivity contribution in [3.05, 3.63) is 53.1 Å². The van der Waals surface area contributed by atoms with E-state index in [0.717, 1.165) is 58.3 Å². The Morgan fingerprint density at radius 2 is 1.81 bits per heavy atom. The Balaban J connectivity index is 0.00000289. The van der Waals surface area contributed by atoms with Crippen molar-refractivity contribution in [2.75, 3.05) is 37.3 Å². The Hall–Kier alpha value is -1.60. The van der Waals surface area contributed by atoms with Gasteiger partial charge < -0.3 is 4.90 Å². The summed E-state index contributed by atoms with van der Waals surface area (Å²) < 4.78 is 1.13. The number of carbonyl (C=O) groups is 1. The zero-order valence-electron chi connectivity index (χ0n) is 19.1. The molecule has 0 radical (unpaired) electrons. The first-order valence-electron chi connectivity index (χ1n) is 11.2. The third kappa shape index (κ3) is 5.30. The van der Waals surface area contributed by atoms with E-state index in [9.17, 15) is 4.79 Å². The lowest BCUT2D eigenvalue weighted by atomic mass is 9.90. The number of amides is 1. The van der Waals surface area contributed by atoms with Crippen LogP contribution in [0.15, 0.2) is 41.3 Å². The molecule has 0 atom stereocenters. The minimum absolute atomic E-state index is 0. The molecule has 0 spiro atoms. The molecule has 4 rings (SSSR count). The molecule has 7 heteroatoms. The summed E-state index contributed by atoms with van der Waals surface area (Å²) >= 11 is 3.32. The summed E-state index contributed by atoms with van der Waals surface area (Å²) in [5, 5.41) is 0.798. The van der Waals surface area contributed by atoms with Gasteiger partial charge in [0, 0.05) is 23.5 Å². The number of aryl methyl sites for hydroxylation is 2. The first kappa shape index (κ1) is 25.0. The number of nitrogens with zero attached hydrogens (tertiary/aromatic N) is 3. The number of hydrogen-bond acceptors (Lipinski definition) is 5. The van der Waals surface area contributed by atoms with Gasteiger partial charge in [0.25, 0.3) is 5.91 Å². The number of thioether (sulfide) groups is 1. The van der Waals surface area contributed by atoms with E-state index >= 15 is 0 Å². The molecule has 1 aliphatic carbocycles. The maximum atomic E-state index is 13.7. The van der Waals surface area contributed by atoms with E-state index in [2.05, 4.69) is 55.3 Å². The smallest absolute Gasteiger partial charge is 0.260 e. The highest BCUT2D eigenvalue weighted by Gasteiger charge is 2.23. The number of carbonyl (C=O) groups excluding carboxylic acids is 1. The molecule has 32 heavy (non-hydrogen) atoms. The molecule has 4 nitrogen and oxygen atoms in total. The minimum Gasteiger partial charge on any atom is -0.302 e. The highest BCUT2D eigenvalue weighted by Crippen LogP contribution is 2.35. The van der Waals surface area contributed by atoms with Crippen LogP contribution in [0.4, 0.5) is 5.13 Å². The van der Waals surface area contributed by atoms with Crippen LogP contribution in [0, 0.1) is 0 Å². The molecule has 172 valence electrons. The number of fused-ring (bicyclic) bond motifs is 2. The van der Waals surface area contributed by atoms with E-state index in [-0.39, 0.29) is 18.3 Å². The van der Waals surface area contributed by atoms with Gasteiger partial charge in [-0.25, -0.2) is 4.98 Å². The van der Waals surface area contributed by atoms with Crippen LogP contribution in [0.3, 0.4) is 0 Å². The van der Waals surface area contributed by atoms with E-state index < -0.39 is 0 Å². The van der Waals surface area contributed by atoms with Crippen LogP contribution in [-0.2, 0) is 12.8 Å². The van der Waals surface area contributed by atoms with Crippen molar-refractivity contribution < 1.29 is 4.79 Å². The van der Waals surface area contributed by atoms with Crippen molar-refractivity contribution in [2.45, 2.75) is 44.4 Å². The van der Waals surface area contributed by atoms with Crippen LogP contribution < -0.4 is 4.90 Å². The molecule has 0 fully saturated rings. The molecule has 1 heterocycles. The highest BCUT2D eigenvalue weighted by molar-refractivity contribution is 7.98. The van der Waals surface area contributed by atoms with Gasteiger partial charge in [-0.2, -0.15) is 0 Å². The number of para-hydroxylation sites is 1. The van der Waals surface area contributed by atoms with Crippen molar-refractivity contribution >= 4 is 56.8 Å². The molecule has 0 unspecified atom stereocenters. The maximum absolute atomic E-state index is 13.7. The topological polar surface area (TPSA) is 36.4 Å². The summed E-state index contributed by atoms with van der Waals surface area (Å²) in [5.41, 5.74) is 4.53. The van der Waals surface area contributed by atoms with Gasteiger partial charge in [0.15, 0.2) is 5.13 Å². The summed E-state index contributed by atoms with van der Waals surface area (Å²) in [5.74, 6) is 0.0605. The Kier molecular flexibility index (Phi) is 9.00. The van der Waals surface area contributed by atoms with Crippen LogP contribution in [0.25, 0.3) is 10.2 Å². The number of thiazole rings is 1. The number of likely N-dealkylation sites (N-methyl/N-ethyl adjacent to an activating group) is 1. The number of halogens is 1. The second kappa shape index (κ2) is 11.5. The Morgan fingerprint density at radius 3 is 2.53 bits per heavy atom. The SMILES string of the molecule is CCN(CC)CCN(C(=O)c1ccc2c(c1)CCCC2)c1nc2c(SC)cccc2s1.Cl. The summed E-state index contributed by atoms with van der Waals surface area (Å²) in [4.78, 5) is 24.1. The van der Waals surface area contributed by atoms with Crippen LogP contribution in [0.1, 0.15) is 48.2 Å². The number of benzene rings is 2. The molecule has 0 aliphatic heterocycles. The molecule has 1 aliphatic rings. The van der Waals surface area contributed by atoms with Gasteiger partial charge in [0.2, 0.25) is 0 Å². The Labute approximate surface area is 205 Å². The Bertz CT molecular complexity index is 1060. The highest BCUT2D eigenvalue weighted by atomic mass is 35.5. The molecule has 1 amide bonds. The zero-order valence-corrected chi connectivity index (χ0v) is 21.5. The summed E-state index contributed by atoms with van der Waals surface area (Å²) in [7, 11) is 0. The van der Waals surface area contributed by atoms with Gasteiger partial charge in [0.1, 0.15) is 0 Å². The summed E-state index contributed by atoms with van der Waals surface area (Å²) in [6, 6.07) is 12.6. The minimum atomic E-state index is 0. The maximum Gasteiger partial charge on any atom is 0.260 e. The predicted octanol–water partition coefficient (Wildman–Crippen LogP) is 6.31. The molecule has 1 aromatic heterocycles.